The van der Waals surface area contributed by atoms with Crippen LogP contribution in [-0.4, -0.2) is 136 Å². The van der Waals surface area contributed by atoms with Gasteiger partial charge in [0.05, 0.1) is 28.4 Å². The number of carboxylic acids is 2. The Hall–Kier alpha value is -5.54. The van der Waals surface area contributed by atoms with Gasteiger partial charge in [-0.05, 0) is 99.4 Å². The number of carbonyl (C=O) groups is 2. The van der Waals surface area contributed by atoms with Crippen LogP contribution < -0.4 is 28.4 Å². The van der Waals surface area contributed by atoms with Gasteiger partial charge in [0.2, 0.25) is 0 Å². The molecule has 0 bridgehead atoms. The Labute approximate surface area is 378 Å². The molecule has 2 atom stereocenters. The molecule has 2 aliphatic rings. The van der Waals surface area contributed by atoms with Gasteiger partial charge in [-0.25, -0.2) is 9.59 Å². The lowest BCUT2D eigenvalue weighted by molar-refractivity contribution is -0.159. The smallest absolute Gasteiger partial charge is 0.414 e. The zero-order chi connectivity index (χ0) is 46.5. The highest BCUT2D eigenvalue weighted by Gasteiger charge is 2.39. The molecule has 0 aliphatic heterocycles. The average molecular weight is 889 g/mol. The van der Waals surface area contributed by atoms with Crippen LogP contribution in [0, 0.1) is 0 Å². The lowest BCUT2D eigenvalue weighted by Crippen LogP contribution is -2.41. The molecule has 4 aromatic carbocycles. The summed E-state index contributed by atoms with van der Waals surface area (Å²) in [4.78, 5) is 22.6. The van der Waals surface area contributed by atoms with Crippen molar-refractivity contribution in [1.29, 1.82) is 0 Å². The summed E-state index contributed by atoms with van der Waals surface area (Å²) in [5, 5.41) is 35.7. The van der Waals surface area contributed by atoms with E-state index < -0.39 is 24.1 Å². The summed E-state index contributed by atoms with van der Waals surface area (Å²) in [6.45, 7) is 3.51. The first kappa shape index (κ1) is 51.1. The van der Waals surface area contributed by atoms with Crippen LogP contribution in [0.5, 0.6) is 34.5 Å². The summed E-state index contributed by atoms with van der Waals surface area (Å²) in [5.41, 5.74) is 2.73. The van der Waals surface area contributed by atoms with Gasteiger partial charge in [0.25, 0.3) is 0 Å². The third-order valence-electron chi connectivity index (χ3n) is 11.9. The number of nitrogens with zero attached hydrogens (tertiary/aromatic N) is 2. The minimum atomic E-state index is -1.82. The van der Waals surface area contributed by atoms with Crippen molar-refractivity contribution in [3.8, 4) is 34.5 Å². The van der Waals surface area contributed by atoms with Gasteiger partial charge >= 0.3 is 11.9 Å². The second kappa shape index (κ2) is 25.7. The molecule has 0 saturated heterocycles. The van der Waals surface area contributed by atoms with Crippen molar-refractivity contribution >= 4 is 11.9 Å². The Kier molecular flexibility index (Phi) is 20.5. The Bertz CT molecular complexity index is 1840. The molecule has 2 aliphatic carbocycles. The summed E-state index contributed by atoms with van der Waals surface area (Å²) < 4.78 is 33.3. The number of aliphatic carboxylic acids is 2. The molecule has 0 radical (unpaired) electrons. The van der Waals surface area contributed by atoms with E-state index in [1.54, 1.807) is 28.4 Å². The zero-order valence-electron chi connectivity index (χ0n) is 38.2. The molecule has 2 fully saturated rings. The molecule has 0 aromatic heterocycles. The molecule has 0 amide bonds. The number of ether oxygens (including phenoxy) is 6. The molecule has 2 unspecified atom stereocenters. The van der Waals surface area contributed by atoms with E-state index in [-0.39, 0.29) is 24.0 Å². The van der Waals surface area contributed by atoms with Crippen LogP contribution in [0.1, 0.15) is 62.5 Å². The molecule has 14 nitrogen and oxygen atoms in total. The van der Waals surface area contributed by atoms with E-state index in [0.29, 0.717) is 13.1 Å². The standard InChI is InChI=1S/2C24H33NO4.C2H2O4/c2*1-25(16-20(26)17-29-21-9-5-4-6-10-21)18-24(13-7-8-14-24)19-11-12-22(27-2)23(15-19)28-3;3-1(4)2(5)6/h2*4-6,9-12,15,20,26H,7-8,13-14,16-18H2,1-3H3;(H,3,4)(H,5,6). The van der Waals surface area contributed by atoms with Gasteiger partial charge in [-0.15, -0.1) is 0 Å². The topological polar surface area (TPSA) is 177 Å². The predicted octanol–water partition coefficient (Wildman–Crippen LogP) is 6.93. The van der Waals surface area contributed by atoms with Gasteiger partial charge in [-0.2, -0.15) is 0 Å². The summed E-state index contributed by atoms with van der Waals surface area (Å²) in [6.07, 6.45) is 8.39. The second-order valence-electron chi connectivity index (χ2n) is 16.7. The maximum Gasteiger partial charge on any atom is 0.414 e. The summed E-state index contributed by atoms with van der Waals surface area (Å²) in [5.74, 6) is 0.978. The van der Waals surface area contributed by atoms with Crippen molar-refractivity contribution < 1.29 is 58.4 Å². The Morgan fingerprint density at radius 3 is 1.16 bits per heavy atom. The molecule has 0 heterocycles. The lowest BCUT2D eigenvalue weighted by atomic mass is 9.78. The fourth-order valence-electron chi connectivity index (χ4n) is 8.92. The molecule has 0 spiro atoms. The van der Waals surface area contributed by atoms with Crippen molar-refractivity contribution in [3.05, 3.63) is 108 Å². The van der Waals surface area contributed by atoms with Crippen LogP contribution in [0.3, 0.4) is 0 Å². The average Bonchev–Trinajstić information content (AvgIpc) is 3.99. The van der Waals surface area contributed by atoms with E-state index in [9.17, 15) is 10.2 Å². The van der Waals surface area contributed by atoms with E-state index in [2.05, 4.69) is 48.2 Å². The highest BCUT2D eigenvalue weighted by Crippen LogP contribution is 2.45. The fourth-order valence-corrected chi connectivity index (χ4v) is 8.92. The second-order valence-corrected chi connectivity index (χ2v) is 16.7. The number of hydrogen-bond acceptors (Lipinski definition) is 12. The van der Waals surface area contributed by atoms with Crippen LogP contribution in [0.25, 0.3) is 0 Å². The van der Waals surface area contributed by atoms with Gasteiger partial charge in [-0.1, -0.05) is 74.2 Å². The number of aliphatic hydroxyl groups excluding tert-OH is 2. The molecule has 6 rings (SSSR count). The van der Waals surface area contributed by atoms with Crippen molar-refractivity contribution in [2.75, 3.05) is 81.9 Å². The molecule has 4 N–H and O–H groups in total. The first-order valence-electron chi connectivity index (χ1n) is 21.8. The molecule has 64 heavy (non-hydrogen) atoms. The summed E-state index contributed by atoms with van der Waals surface area (Å²) in [6, 6.07) is 31.8. The van der Waals surface area contributed by atoms with E-state index in [1.165, 1.54) is 36.8 Å². The SMILES string of the molecule is COc1ccc(C2(CN(C)CC(O)COc3ccccc3)CCCC2)cc1OC.COc1ccc(C2(CN(C)CC(O)COc3ccccc3)CCCC2)cc1OC.O=C(O)C(=O)O. The van der Waals surface area contributed by atoms with Gasteiger partial charge < -0.3 is 58.6 Å². The van der Waals surface area contributed by atoms with E-state index in [0.717, 1.165) is 73.3 Å². The van der Waals surface area contributed by atoms with Crippen molar-refractivity contribution in [2.24, 2.45) is 0 Å². The highest BCUT2D eigenvalue weighted by molar-refractivity contribution is 6.27. The van der Waals surface area contributed by atoms with Crippen molar-refractivity contribution in [3.63, 3.8) is 0 Å². The van der Waals surface area contributed by atoms with E-state index in [1.807, 2.05) is 72.8 Å². The quantitative estimate of drug-likeness (QED) is 0.0672. The van der Waals surface area contributed by atoms with Gasteiger partial charge in [-0.3, -0.25) is 0 Å². The molecular formula is C50H68N2O12. The van der Waals surface area contributed by atoms with Crippen LogP contribution in [0.4, 0.5) is 0 Å². The van der Waals surface area contributed by atoms with Gasteiger partial charge in [0.15, 0.2) is 23.0 Å². The molecule has 14 heteroatoms. The normalized spacial score (nSPS) is 15.7. The monoisotopic (exact) mass is 888 g/mol. The van der Waals surface area contributed by atoms with Crippen LogP contribution >= 0.6 is 0 Å². The third-order valence-corrected chi connectivity index (χ3v) is 11.9. The lowest BCUT2D eigenvalue weighted by Gasteiger charge is -2.35. The number of benzene rings is 4. The number of hydrogen-bond donors (Lipinski definition) is 4. The minimum Gasteiger partial charge on any atom is -0.493 e. The maximum absolute atomic E-state index is 10.5. The summed E-state index contributed by atoms with van der Waals surface area (Å²) >= 11 is 0. The van der Waals surface area contributed by atoms with E-state index in [4.69, 9.17) is 48.2 Å². The molecular weight excluding hydrogens is 821 g/mol. The van der Waals surface area contributed by atoms with Crippen LogP contribution in [-0.2, 0) is 20.4 Å². The van der Waals surface area contributed by atoms with E-state index >= 15 is 0 Å². The maximum atomic E-state index is 10.5. The first-order valence-corrected chi connectivity index (χ1v) is 21.8. The molecule has 350 valence electrons. The van der Waals surface area contributed by atoms with Crippen molar-refractivity contribution in [2.45, 2.75) is 74.4 Å². The largest absolute Gasteiger partial charge is 0.493 e. The number of para-hydroxylation sites is 2. The number of rotatable bonds is 20. The number of aliphatic hydroxyl groups is 2. The van der Waals surface area contributed by atoms with Crippen LogP contribution in [0.2, 0.25) is 0 Å². The highest BCUT2D eigenvalue weighted by atomic mass is 16.5. The minimum absolute atomic E-state index is 0.0777. The fraction of sp³-hybridized carbons (Fsp3) is 0.480. The van der Waals surface area contributed by atoms with Crippen molar-refractivity contribution in [1.82, 2.24) is 9.80 Å². The molecule has 4 aromatic rings. The Balaban J connectivity index is 0.000000249. The van der Waals surface area contributed by atoms with Crippen LogP contribution in [0.15, 0.2) is 97.1 Å². The molecule has 2 saturated carbocycles. The number of carboxylic acid groups (broad SMARTS) is 2. The van der Waals surface area contributed by atoms with Gasteiger partial charge in [0, 0.05) is 37.0 Å². The number of methoxy groups -OCH3 is 4. The zero-order valence-corrected chi connectivity index (χ0v) is 38.2. The third kappa shape index (κ3) is 15.3. The predicted molar refractivity (Wildman–Crippen MR) is 246 cm³/mol. The number of likely N-dealkylation sites (N-methyl/N-ethyl adjacent to an activating group) is 2. The first-order chi connectivity index (χ1) is 30.8. The Morgan fingerprint density at radius 1 is 0.531 bits per heavy atom. The van der Waals surface area contributed by atoms with Gasteiger partial charge in [0.1, 0.15) is 36.9 Å². The summed E-state index contributed by atoms with van der Waals surface area (Å²) in [7, 11) is 10.8. The Morgan fingerprint density at radius 2 is 0.859 bits per heavy atom.